The molecule has 0 unspecified atom stereocenters. The van der Waals surface area contributed by atoms with Gasteiger partial charge in [0, 0.05) is 32.9 Å². The van der Waals surface area contributed by atoms with Crippen LogP contribution >= 0.6 is 0 Å². The fraction of sp³-hybridized carbons (Fsp3) is 0.263. The Kier molecular flexibility index (Phi) is 4.51. The van der Waals surface area contributed by atoms with E-state index in [1.807, 2.05) is 49.5 Å². The molecule has 2 aliphatic heterocycles. The molecular formula is C19H21N3O2. The maximum Gasteiger partial charge on any atom is 0.321 e. The number of benzene rings is 2. The summed E-state index contributed by atoms with van der Waals surface area (Å²) in [5, 5.41) is 2.80. The average Bonchev–Trinajstić information content (AvgIpc) is 2.57. The normalized spacial score (nSPS) is 15.8. The Balaban J connectivity index is 0.000000141. The van der Waals surface area contributed by atoms with Crippen LogP contribution < -0.4 is 5.32 Å². The Morgan fingerprint density at radius 1 is 0.792 bits per heavy atom. The molecular weight excluding hydrogens is 302 g/mol. The molecule has 0 atom stereocenters. The number of carbonyl (C=O) groups excluding carboxylic acids is 2. The summed E-state index contributed by atoms with van der Waals surface area (Å²) >= 11 is 0. The fourth-order valence-corrected chi connectivity index (χ4v) is 2.84. The summed E-state index contributed by atoms with van der Waals surface area (Å²) in [6.07, 6.45) is 0.562. The van der Waals surface area contributed by atoms with Crippen molar-refractivity contribution in [1.29, 1.82) is 0 Å². The molecule has 0 bridgehead atoms. The zero-order valence-corrected chi connectivity index (χ0v) is 14.0. The molecule has 2 heterocycles. The summed E-state index contributed by atoms with van der Waals surface area (Å²) in [6, 6.07) is 15.9. The average molecular weight is 323 g/mol. The van der Waals surface area contributed by atoms with Gasteiger partial charge in [0.2, 0.25) is 5.91 Å². The molecule has 2 aromatic rings. The van der Waals surface area contributed by atoms with E-state index in [9.17, 15) is 9.59 Å². The van der Waals surface area contributed by atoms with Gasteiger partial charge in [-0.15, -0.1) is 0 Å². The molecule has 5 heteroatoms. The van der Waals surface area contributed by atoms with E-state index in [0.717, 1.165) is 12.2 Å². The van der Waals surface area contributed by atoms with Crippen molar-refractivity contribution in [3.63, 3.8) is 0 Å². The van der Waals surface area contributed by atoms with Crippen molar-refractivity contribution in [3.8, 4) is 0 Å². The number of carbonyl (C=O) groups is 2. The standard InChI is InChI=1S/C10H11NO.C9H10N2O/c1-11-7-9-5-3-2-4-8(9)6-10(11)12;1-11-6-7-4-2-3-5-8(7)10-9(11)12/h2-5H,6-7H2,1H3;2-5H,6H2,1H3,(H,10,12). The van der Waals surface area contributed by atoms with Gasteiger partial charge in [-0.3, -0.25) is 4.79 Å². The van der Waals surface area contributed by atoms with Crippen LogP contribution in [-0.4, -0.2) is 35.8 Å². The molecule has 124 valence electrons. The van der Waals surface area contributed by atoms with E-state index in [2.05, 4.69) is 11.4 Å². The van der Waals surface area contributed by atoms with E-state index in [4.69, 9.17) is 0 Å². The molecule has 0 radical (unpaired) electrons. The van der Waals surface area contributed by atoms with Crippen LogP contribution in [0.3, 0.4) is 0 Å². The third-order valence-corrected chi connectivity index (χ3v) is 4.31. The molecule has 4 rings (SSSR count). The quantitative estimate of drug-likeness (QED) is 0.810. The van der Waals surface area contributed by atoms with E-state index >= 15 is 0 Å². The molecule has 2 aliphatic rings. The third-order valence-electron chi connectivity index (χ3n) is 4.31. The van der Waals surface area contributed by atoms with Gasteiger partial charge < -0.3 is 15.1 Å². The predicted molar refractivity (Wildman–Crippen MR) is 93.5 cm³/mol. The van der Waals surface area contributed by atoms with Gasteiger partial charge in [0.25, 0.3) is 0 Å². The lowest BCUT2D eigenvalue weighted by atomic mass is 10.00. The number of rotatable bonds is 0. The van der Waals surface area contributed by atoms with Crippen LogP contribution in [0.15, 0.2) is 48.5 Å². The van der Waals surface area contributed by atoms with Gasteiger partial charge in [0.15, 0.2) is 0 Å². The van der Waals surface area contributed by atoms with E-state index in [1.165, 1.54) is 16.7 Å². The second-order valence-electron chi connectivity index (χ2n) is 6.14. The Morgan fingerprint density at radius 3 is 2.12 bits per heavy atom. The van der Waals surface area contributed by atoms with Crippen molar-refractivity contribution in [2.24, 2.45) is 0 Å². The van der Waals surface area contributed by atoms with Crippen LogP contribution in [0.1, 0.15) is 16.7 Å². The first-order chi connectivity index (χ1) is 11.5. The molecule has 24 heavy (non-hydrogen) atoms. The molecule has 0 aliphatic carbocycles. The fourth-order valence-electron chi connectivity index (χ4n) is 2.84. The van der Waals surface area contributed by atoms with Crippen molar-refractivity contribution in [2.45, 2.75) is 19.5 Å². The zero-order chi connectivity index (χ0) is 17.1. The molecule has 0 saturated heterocycles. The summed E-state index contributed by atoms with van der Waals surface area (Å²) in [5.41, 5.74) is 4.56. The summed E-state index contributed by atoms with van der Waals surface area (Å²) in [5.74, 6) is 0.216. The van der Waals surface area contributed by atoms with E-state index in [0.29, 0.717) is 13.0 Å². The number of fused-ring (bicyclic) bond motifs is 2. The number of hydrogen-bond donors (Lipinski definition) is 1. The number of anilines is 1. The lowest BCUT2D eigenvalue weighted by molar-refractivity contribution is -0.130. The highest BCUT2D eigenvalue weighted by molar-refractivity contribution is 5.92. The Labute approximate surface area is 141 Å². The van der Waals surface area contributed by atoms with Gasteiger partial charge in [0.05, 0.1) is 6.42 Å². The molecule has 5 nitrogen and oxygen atoms in total. The number of nitrogens with one attached hydrogen (secondary N) is 1. The Bertz CT molecular complexity index is 707. The Morgan fingerprint density at radius 2 is 1.38 bits per heavy atom. The highest BCUT2D eigenvalue weighted by Gasteiger charge is 2.19. The zero-order valence-electron chi connectivity index (χ0n) is 14.0. The van der Waals surface area contributed by atoms with Crippen molar-refractivity contribution in [3.05, 3.63) is 65.2 Å². The van der Waals surface area contributed by atoms with Gasteiger partial charge in [-0.25, -0.2) is 4.79 Å². The van der Waals surface area contributed by atoms with Crippen LogP contribution in [0, 0.1) is 0 Å². The summed E-state index contributed by atoms with van der Waals surface area (Å²) in [7, 11) is 3.63. The number of nitrogens with zero attached hydrogens (tertiary/aromatic N) is 2. The third kappa shape index (κ3) is 3.40. The number of urea groups is 1. The molecule has 0 fully saturated rings. The van der Waals surface area contributed by atoms with Gasteiger partial charge in [-0.2, -0.15) is 0 Å². The van der Waals surface area contributed by atoms with Gasteiger partial charge in [-0.05, 0) is 22.8 Å². The summed E-state index contributed by atoms with van der Waals surface area (Å²) in [4.78, 5) is 25.9. The Hall–Kier alpha value is -2.82. The first-order valence-corrected chi connectivity index (χ1v) is 7.95. The first-order valence-electron chi connectivity index (χ1n) is 7.95. The number of amides is 3. The van der Waals surface area contributed by atoms with Crippen molar-refractivity contribution >= 4 is 17.6 Å². The summed E-state index contributed by atoms with van der Waals surface area (Å²) < 4.78 is 0. The van der Waals surface area contributed by atoms with Crippen molar-refractivity contribution in [1.82, 2.24) is 9.80 Å². The monoisotopic (exact) mass is 323 g/mol. The van der Waals surface area contributed by atoms with Gasteiger partial charge in [0.1, 0.15) is 0 Å². The van der Waals surface area contributed by atoms with Gasteiger partial charge >= 0.3 is 6.03 Å². The minimum Gasteiger partial charge on any atom is -0.341 e. The smallest absolute Gasteiger partial charge is 0.321 e. The maximum absolute atomic E-state index is 11.3. The molecule has 1 N–H and O–H groups in total. The number of hydrogen-bond acceptors (Lipinski definition) is 2. The second kappa shape index (κ2) is 6.74. The lowest BCUT2D eigenvalue weighted by Crippen LogP contribution is -2.35. The minimum atomic E-state index is -0.0336. The molecule has 0 saturated carbocycles. The van der Waals surface area contributed by atoms with E-state index in [1.54, 1.807) is 16.8 Å². The molecule has 0 spiro atoms. The van der Waals surface area contributed by atoms with Crippen molar-refractivity contribution in [2.75, 3.05) is 19.4 Å². The van der Waals surface area contributed by atoms with Crippen LogP contribution in [0.4, 0.5) is 10.5 Å². The largest absolute Gasteiger partial charge is 0.341 e. The van der Waals surface area contributed by atoms with Crippen LogP contribution in [0.25, 0.3) is 0 Å². The first kappa shape index (κ1) is 16.1. The lowest BCUT2D eigenvalue weighted by Gasteiger charge is -2.25. The maximum atomic E-state index is 11.3. The topological polar surface area (TPSA) is 52.7 Å². The van der Waals surface area contributed by atoms with E-state index in [-0.39, 0.29) is 11.9 Å². The van der Waals surface area contributed by atoms with Crippen LogP contribution in [-0.2, 0) is 24.3 Å². The highest BCUT2D eigenvalue weighted by atomic mass is 16.2. The van der Waals surface area contributed by atoms with E-state index < -0.39 is 0 Å². The number of likely N-dealkylation sites (N-methyl/N-ethyl adjacent to an activating group) is 1. The predicted octanol–water partition coefficient (Wildman–Crippen LogP) is 2.87. The van der Waals surface area contributed by atoms with Gasteiger partial charge in [-0.1, -0.05) is 42.5 Å². The molecule has 0 aromatic heterocycles. The molecule has 3 amide bonds. The second-order valence-corrected chi connectivity index (χ2v) is 6.14. The van der Waals surface area contributed by atoms with Crippen LogP contribution in [0.5, 0.6) is 0 Å². The minimum absolute atomic E-state index is 0.0336. The SMILES string of the molecule is CN1Cc2ccccc2CC1=O.CN1Cc2ccccc2NC1=O. The van der Waals surface area contributed by atoms with Crippen molar-refractivity contribution < 1.29 is 9.59 Å². The van der Waals surface area contributed by atoms with Crippen LogP contribution in [0.2, 0.25) is 0 Å². The molecule has 2 aromatic carbocycles. The number of para-hydroxylation sites is 1. The highest BCUT2D eigenvalue weighted by Crippen LogP contribution is 2.21. The summed E-state index contributed by atoms with van der Waals surface area (Å²) in [6.45, 7) is 1.46.